The summed E-state index contributed by atoms with van der Waals surface area (Å²) in [5, 5.41) is 3.43. The Labute approximate surface area is 97.5 Å². The molecule has 0 aliphatic rings. The van der Waals surface area contributed by atoms with Gasteiger partial charge in [-0.2, -0.15) is 0 Å². The molecular formula is C13H22N2O. The highest BCUT2D eigenvalue weighted by Gasteiger charge is 2.00. The van der Waals surface area contributed by atoms with Gasteiger partial charge in [-0.15, -0.1) is 0 Å². The molecular weight excluding hydrogens is 200 g/mol. The van der Waals surface area contributed by atoms with E-state index in [0.717, 1.165) is 13.1 Å². The summed E-state index contributed by atoms with van der Waals surface area (Å²) < 4.78 is 1.74. The summed E-state index contributed by atoms with van der Waals surface area (Å²) in [5.74, 6) is 0. The van der Waals surface area contributed by atoms with Crippen LogP contribution in [0.3, 0.4) is 0 Å². The number of hydrogen-bond acceptors (Lipinski definition) is 2. The van der Waals surface area contributed by atoms with Crippen LogP contribution in [0, 0.1) is 0 Å². The Morgan fingerprint density at radius 2 is 2.25 bits per heavy atom. The Balaban J connectivity index is 2.25. The van der Waals surface area contributed by atoms with Gasteiger partial charge in [0.2, 0.25) is 0 Å². The predicted molar refractivity (Wildman–Crippen MR) is 67.7 cm³/mol. The van der Waals surface area contributed by atoms with Gasteiger partial charge < -0.3 is 9.88 Å². The molecule has 0 bridgehead atoms. The van der Waals surface area contributed by atoms with Crippen molar-refractivity contribution in [3.63, 3.8) is 0 Å². The van der Waals surface area contributed by atoms with Crippen molar-refractivity contribution in [3.8, 4) is 0 Å². The van der Waals surface area contributed by atoms with Crippen LogP contribution in [0.2, 0.25) is 0 Å². The molecule has 0 saturated carbocycles. The Kier molecular flexibility index (Phi) is 5.86. The largest absolute Gasteiger partial charge is 0.314 e. The molecule has 0 saturated heterocycles. The third kappa shape index (κ3) is 4.62. The number of nitrogens with one attached hydrogen (secondary N) is 1. The number of unbranched alkanes of at least 4 members (excludes halogenated alkanes) is 1. The molecule has 0 amide bonds. The van der Waals surface area contributed by atoms with Crippen molar-refractivity contribution in [2.24, 2.45) is 0 Å². The van der Waals surface area contributed by atoms with E-state index in [1.165, 1.54) is 19.3 Å². The number of rotatable bonds is 7. The summed E-state index contributed by atoms with van der Waals surface area (Å²) >= 11 is 0. The van der Waals surface area contributed by atoms with Gasteiger partial charge in [0.1, 0.15) is 0 Å². The summed E-state index contributed by atoms with van der Waals surface area (Å²) in [4.78, 5) is 11.4. The van der Waals surface area contributed by atoms with E-state index in [-0.39, 0.29) is 5.56 Å². The van der Waals surface area contributed by atoms with Gasteiger partial charge in [-0.1, -0.05) is 25.8 Å². The van der Waals surface area contributed by atoms with E-state index < -0.39 is 0 Å². The van der Waals surface area contributed by atoms with Gasteiger partial charge in [0.25, 0.3) is 5.56 Å². The molecule has 1 N–H and O–H groups in total. The maximum atomic E-state index is 11.4. The minimum absolute atomic E-state index is 0.0745. The van der Waals surface area contributed by atoms with Crippen molar-refractivity contribution in [3.05, 3.63) is 34.7 Å². The molecule has 3 nitrogen and oxygen atoms in total. The lowest BCUT2D eigenvalue weighted by Crippen LogP contribution is -2.31. The molecule has 1 heterocycles. The average molecular weight is 222 g/mol. The average Bonchev–Trinajstić information content (AvgIpc) is 2.29. The van der Waals surface area contributed by atoms with E-state index >= 15 is 0 Å². The van der Waals surface area contributed by atoms with Crippen LogP contribution < -0.4 is 10.9 Å². The molecule has 3 heteroatoms. The van der Waals surface area contributed by atoms with Gasteiger partial charge in [0.05, 0.1) is 0 Å². The van der Waals surface area contributed by atoms with E-state index in [4.69, 9.17) is 0 Å². The number of pyridine rings is 1. The minimum atomic E-state index is 0.0745. The third-order valence-electron chi connectivity index (χ3n) is 2.74. The van der Waals surface area contributed by atoms with Crippen LogP contribution in [0.1, 0.15) is 33.1 Å². The van der Waals surface area contributed by atoms with Crippen LogP contribution >= 0.6 is 0 Å². The van der Waals surface area contributed by atoms with E-state index in [9.17, 15) is 4.79 Å². The Bertz CT molecular complexity index is 346. The van der Waals surface area contributed by atoms with Crippen LogP contribution in [-0.2, 0) is 6.54 Å². The molecule has 16 heavy (non-hydrogen) atoms. The Hall–Kier alpha value is -1.09. The van der Waals surface area contributed by atoms with Crippen molar-refractivity contribution in [2.45, 2.75) is 45.7 Å². The lowest BCUT2D eigenvalue weighted by Gasteiger charge is -2.13. The fourth-order valence-corrected chi connectivity index (χ4v) is 1.69. The van der Waals surface area contributed by atoms with Crippen LogP contribution in [0.4, 0.5) is 0 Å². The topological polar surface area (TPSA) is 34.0 Å². The molecule has 90 valence electrons. The first-order chi connectivity index (χ1) is 7.74. The monoisotopic (exact) mass is 222 g/mol. The minimum Gasteiger partial charge on any atom is -0.314 e. The summed E-state index contributed by atoms with van der Waals surface area (Å²) in [6.07, 6.45) is 5.55. The molecule has 1 aromatic heterocycles. The summed E-state index contributed by atoms with van der Waals surface area (Å²) in [6.45, 7) is 6.00. The Morgan fingerprint density at radius 3 is 2.94 bits per heavy atom. The number of aromatic nitrogens is 1. The van der Waals surface area contributed by atoms with Crippen molar-refractivity contribution in [2.75, 3.05) is 6.54 Å². The molecule has 0 aliphatic heterocycles. The molecule has 0 radical (unpaired) electrons. The van der Waals surface area contributed by atoms with Crippen LogP contribution in [-0.4, -0.2) is 17.2 Å². The lowest BCUT2D eigenvalue weighted by molar-refractivity contribution is 0.473. The SMILES string of the molecule is CCCCC(C)NCCn1ccccc1=O. The van der Waals surface area contributed by atoms with Gasteiger partial charge in [0, 0.05) is 31.4 Å². The van der Waals surface area contributed by atoms with Crippen molar-refractivity contribution < 1.29 is 0 Å². The first-order valence-corrected chi connectivity index (χ1v) is 6.13. The van der Waals surface area contributed by atoms with Gasteiger partial charge in [0.15, 0.2) is 0 Å². The van der Waals surface area contributed by atoms with E-state index in [0.29, 0.717) is 6.04 Å². The Morgan fingerprint density at radius 1 is 1.44 bits per heavy atom. The second-order valence-electron chi connectivity index (χ2n) is 4.23. The summed E-state index contributed by atoms with van der Waals surface area (Å²) in [7, 11) is 0. The highest BCUT2D eigenvalue weighted by Crippen LogP contribution is 1.98. The highest BCUT2D eigenvalue weighted by atomic mass is 16.1. The van der Waals surface area contributed by atoms with Crippen LogP contribution in [0.15, 0.2) is 29.2 Å². The quantitative estimate of drug-likeness (QED) is 0.766. The maximum absolute atomic E-state index is 11.4. The summed E-state index contributed by atoms with van der Waals surface area (Å²) in [5.41, 5.74) is 0.0745. The zero-order valence-corrected chi connectivity index (χ0v) is 10.3. The van der Waals surface area contributed by atoms with Crippen molar-refractivity contribution >= 4 is 0 Å². The van der Waals surface area contributed by atoms with E-state index in [1.54, 1.807) is 16.7 Å². The molecule has 0 aromatic carbocycles. The first kappa shape index (κ1) is 13.0. The van der Waals surface area contributed by atoms with Crippen molar-refractivity contribution in [1.82, 2.24) is 9.88 Å². The normalized spacial score (nSPS) is 12.6. The number of hydrogen-bond donors (Lipinski definition) is 1. The van der Waals surface area contributed by atoms with Gasteiger partial charge in [-0.05, 0) is 19.4 Å². The smallest absolute Gasteiger partial charge is 0.250 e. The fraction of sp³-hybridized carbons (Fsp3) is 0.615. The van der Waals surface area contributed by atoms with Gasteiger partial charge in [-0.3, -0.25) is 4.79 Å². The molecule has 0 fully saturated rings. The molecule has 1 atom stereocenters. The maximum Gasteiger partial charge on any atom is 0.250 e. The zero-order chi connectivity index (χ0) is 11.8. The molecule has 1 rings (SSSR count). The van der Waals surface area contributed by atoms with Crippen molar-refractivity contribution in [1.29, 1.82) is 0 Å². The fourth-order valence-electron chi connectivity index (χ4n) is 1.69. The van der Waals surface area contributed by atoms with Crippen LogP contribution in [0.5, 0.6) is 0 Å². The van der Waals surface area contributed by atoms with Gasteiger partial charge >= 0.3 is 0 Å². The standard InChI is InChI=1S/C13H22N2O/c1-3-4-7-12(2)14-9-11-15-10-6-5-8-13(15)16/h5-6,8,10,12,14H,3-4,7,9,11H2,1-2H3. The second-order valence-corrected chi connectivity index (χ2v) is 4.23. The second kappa shape index (κ2) is 7.23. The van der Waals surface area contributed by atoms with E-state index in [1.807, 2.05) is 12.3 Å². The molecule has 1 unspecified atom stereocenters. The molecule has 0 spiro atoms. The first-order valence-electron chi connectivity index (χ1n) is 6.13. The highest BCUT2D eigenvalue weighted by molar-refractivity contribution is 4.93. The third-order valence-corrected chi connectivity index (χ3v) is 2.74. The predicted octanol–water partition coefficient (Wildman–Crippen LogP) is 2.02. The van der Waals surface area contributed by atoms with E-state index in [2.05, 4.69) is 19.2 Å². The van der Waals surface area contributed by atoms with Gasteiger partial charge in [-0.25, -0.2) is 0 Å². The molecule has 0 aliphatic carbocycles. The summed E-state index contributed by atoms with van der Waals surface area (Å²) in [6, 6.07) is 5.80. The van der Waals surface area contributed by atoms with Crippen LogP contribution in [0.25, 0.3) is 0 Å². The lowest BCUT2D eigenvalue weighted by atomic mass is 10.1. The zero-order valence-electron chi connectivity index (χ0n) is 10.3. The number of nitrogens with zero attached hydrogens (tertiary/aromatic N) is 1. The molecule has 1 aromatic rings.